The van der Waals surface area contributed by atoms with E-state index in [-0.39, 0.29) is 12.2 Å². The van der Waals surface area contributed by atoms with Crippen LogP contribution in [0.3, 0.4) is 0 Å². The second-order valence-corrected chi connectivity index (χ2v) is 4.13. The molecule has 1 unspecified atom stereocenters. The van der Waals surface area contributed by atoms with Crippen molar-refractivity contribution < 1.29 is 28.9 Å². The Morgan fingerprint density at radius 2 is 1.81 bits per heavy atom. The SMILES string of the molecule is C=C(C(=O)OC)C(O)(C(=O)OCC)c1ccc(OC)cc1. The maximum absolute atomic E-state index is 12.1. The van der Waals surface area contributed by atoms with Gasteiger partial charge in [-0.05, 0) is 24.6 Å². The molecule has 0 aromatic heterocycles. The first-order valence-electron chi connectivity index (χ1n) is 6.23. The van der Waals surface area contributed by atoms with Gasteiger partial charge in [-0.1, -0.05) is 18.7 Å². The predicted octanol–water partition coefficient (Wildman–Crippen LogP) is 1.18. The molecule has 0 heterocycles. The Kier molecular flexibility index (Phi) is 5.49. The van der Waals surface area contributed by atoms with Crippen LogP contribution in [-0.4, -0.2) is 37.9 Å². The van der Waals surface area contributed by atoms with Crippen molar-refractivity contribution in [3.8, 4) is 5.75 Å². The van der Waals surface area contributed by atoms with Crippen molar-refractivity contribution in [2.45, 2.75) is 12.5 Å². The van der Waals surface area contributed by atoms with E-state index >= 15 is 0 Å². The highest BCUT2D eigenvalue weighted by Crippen LogP contribution is 2.32. The van der Waals surface area contributed by atoms with Crippen molar-refractivity contribution in [1.82, 2.24) is 0 Å². The second-order valence-electron chi connectivity index (χ2n) is 4.13. The number of methoxy groups -OCH3 is 2. The van der Waals surface area contributed by atoms with Crippen LogP contribution in [0.2, 0.25) is 0 Å². The highest BCUT2D eigenvalue weighted by molar-refractivity contribution is 6.00. The summed E-state index contributed by atoms with van der Waals surface area (Å²) in [6.45, 7) is 5.10. The summed E-state index contributed by atoms with van der Waals surface area (Å²) in [5, 5.41) is 10.7. The van der Waals surface area contributed by atoms with Gasteiger partial charge in [-0.3, -0.25) is 0 Å². The minimum absolute atomic E-state index is 0.0474. The molecule has 0 radical (unpaired) electrons. The molecule has 0 aliphatic heterocycles. The third kappa shape index (κ3) is 3.22. The van der Waals surface area contributed by atoms with Crippen LogP contribution in [0.4, 0.5) is 0 Å². The van der Waals surface area contributed by atoms with Gasteiger partial charge in [0, 0.05) is 0 Å². The van der Waals surface area contributed by atoms with Gasteiger partial charge in [0.15, 0.2) is 0 Å². The lowest BCUT2D eigenvalue weighted by molar-refractivity contribution is -0.165. The van der Waals surface area contributed by atoms with Gasteiger partial charge in [0.25, 0.3) is 0 Å². The van der Waals surface area contributed by atoms with E-state index in [4.69, 9.17) is 9.47 Å². The van der Waals surface area contributed by atoms with Gasteiger partial charge in [-0.2, -0.15) is 0 Å². The average molecular weight is 294 g/mol. The number of esters is 2. The Hall–Kier alpha value is -2.34. The Balaban J connectivity index is 3.32. The normalized spacial score (nSPS) is 13.0. The summed E-state index contributed by atoms with van der Waals surface area (Å²) < 4.78 is 14.4. The van der Waals surface area contributed by atoms with Gasteiger partial charge < -0.3 is 19.3 Å². The van der Waals surface area contributed by atoms with Crippen molar-refractivity contribution in [3.05, 3.63) is 42.0 Å². The zero-order chi connectivity index (χ0) is 16.0. The Labute approximate surface area is 122 Å². The second kappa shape index (κ2) is 6.90. The van der Waals surface area contributed by atoms with E-state index in [1.54, 1.807) is 19.1 Å². The lowest BCUT2D eigenvalue weighted by Gasteiger charge is -2.27. The molecule has 1 rings (SSSR count). The van der Waals surface area contributed by atoms with Crippen LogP contribution in [0.15, 0.2) is 36.4 Å². The summed E-state index contributed by atoms with van der Waals surface area (Å²) in [6, 6.07) is 5.99. The number of ether oxygens (including phenoxy) is 3. The fraction of sp³-hybridized carbons (Fsp3) is 0.333. The van der Waals surface area contributed by atoms with Gasteiger partial charge in [-0.15, -0.1) is 0 Å². The minimum atomic E-state index is -2.31. The smallest absolute Gasteiger partial charge is 0.347 e. The molecule has 0 saturated carbocycles. The molecular weight excluding hydrogens is 276 g/mol. The predicted molar refractivity (Wildman–Crippen MR) is 74.7 cm³/mol. The van der Waals surface area contributed by atoms with E-state index in [0.29, 0.717) is 5.75 Å². The molecule has 6 heteroatoms. The van der Waals surface area contributed by atoms with E-state index in [1.165, 1.54) is 19.2 Å². The summed E-state index contributed by atoms with van der Waals surface area (Å²) in [6.07, 6.45) is 0. The summed E-state index contributed by atoms with van der Waals surface area (Å²) in [5.41, 5.74) is -2.60. The molecule has 0 aliphatic carbocycles. The molecule has 1 N–H and O–H groups in total. The molecule has 114 valence electrons. The molecule has 0 amide bonds. The van der Waals surface area contributed by atoms with E-state index in [9.17, 15) is 14.7 Å². The fourth-order valence-electron chi connectivity index (χ4n) is 1.75. The van der Waals surface area contributed by atoms with Crippen LogP contribution in [0, 0.1) is 0 Å². The summed E-state index contributed by atoms with van der Waals surface area (Å²) in [5.74, 6) is -1.36. The van der Waals surface area contributed by atoms with Crippen molar-refractivity contribution >= 4 is 11.9 Å². The minimum Gasteiger partial charge on any atom is -0.497 e. The molecule has 0 fully saturated rings. The van der Waals surface area contributed by atoms with Crippen LogP contribution in [-0.2, 0) is 24.7 Å². The van der Waals surface area contributed by atoms with E-state index in [0.717, 1.165) is 7.11 Å². The van der Waals surface area contributed by atoms with Gasteiger partial charge in [0.1, 0.15) is 5.75 Å². The number of benzene rings is 1. The first-order chi connectivity index (χ1) is 9.91. The van der Waals surface area contributed by atoms with Gasteiger partial charge in [0.2, 0.25) is 5.60 Å². The first-order valence-corrected chi connectivity index (χ1v) is 6.23. The van der Waals surface area contributed by atoms with Gasteiger partial charge >= 0.3 is 11.9 Å². The third-order valence-electron chi connectivity index (χ3n) is 2.95. The number of aliphatic hydroxyl groups is 1. The fourth-order valence-corrected chi connectivity index (χ4v) is 1.75. The molecule has 0 saturated heterocycles. The molecule has 0 spiro atoms. The molecule has 1 aromatic carbocycles. The number of carbonyl (C=O) groups is 2. The van der Waals surface area contributed by atoms with E-state index < -0.39 is 23.1 Å². The number of hydrogen-bond acceptors (Lipinski definition) is 6. The van der Waals surface area contributed by atoms with Crippen LogP contribution >= 0.6 is 0 Å². The van der Waals surface area contributed by atoms with Gasteiger partial charge in [0.05, 0.1) is 26.4 Å². The summed E-state index contributed by atoms with van der Waals surface area (Å²) in [7, 11) is 2.62. The van der Waals surface area contributed by atoms with E-state index in [2.05, 4.69) is 11.3 Å². The van der Waals surface area contributed by atoms with Crippen LogP contribution in [0.25, 0.3) is 0 Å². The molecule has 6 nitrogen and oxygen atoms in total. The number of carbonyl (C=O) groups excluding carboxylic acids is 2. The quantitative estimate of drug-likeness (QED) is 0.626. The van der Waals surface area contributed by atoms with Crippen LogP contribution < -0.4 is 4.74 Å². The Morgan fingerprint density at radius 1 is 1.24 bits per heavy atom. The molecule has 1 aromatic rings. The average Bonchev–Trinajstić information content (AvgIpc) is 2.52. The molecular formula is C15H18O6. The highest BCUT2D eigenvalue weighted by atomic mass is 16.6. The molecule has 21 heavy (non-hydrogen) atoms. The third-order valence-corrected chi connectivity index (χ3v) is 2.95. The maximum atomic E-state index is 12.1. The Morgan fingerprint density at radius 3 is 2.24 bits per heavy atom. The molecule has 1 atom stereocenters. The largest absolute Gasteiger partial charge is 0.497 e. The van der Waals surface area contributed by atoms with Crippen molar-refractivity contribution in [3.63, 3.8) is 0 Å². The molecule has 0 aliphatic rings. The zero-order valence-corrected chi connectivity index (χ0v) is 12.2. The monoisotopic (exact) mass is 294 g/mol. The summed E-state index contributed by atoms with van der Waals surface area (Å²) >= 11 is 0. The topological polar surface area (TPSA) is 82.1 Å². The number of hydrogen-bond donors (Lipinski definition) is 1. The molecule has 0 bridgehead atoms. The zero-order valence-electron chi connectivity index (χ0n) is 12.2. The maximum Gasteiger partial charge on any atom is 0.347 e. The first kappa shape index (κ1) is 16.7. The lowest BCUT2D eigenvalue weighted by Crippen LogP contribution is -2.41. The van der Waals surface area contributed by atoms with Crippen molar-refractivity contribution in [1.29, 1.82) is 0 Å². The van der Waals surface area contributed by atoms with Crippen molar-refractivity contribution in [2.75, 3.05) is 20.8 Å². The van der Waals surface area contributed by atoms with Crippen LogP contribution in [0.1, 0.15) is 12.5 Å². The number of rotatable bonds is 6. The highest BCUT2D eigenvalue weighted by Gasteiger charge is 2.46. The standard InChI is InChI=1S/C15H18O6/c1-5-21-14(17)15(18,10(2)13(16)20-4)11-6-8-12(19-3)9-7-11/h6-9,18H,2,5H2,1,3-4H3. The summed E-state index contributed by atoms with van der Waals surface area (Å²) in [4.78, 5) is 23.8. The Bertz CT molecular complexity index is 534. The van der Waals surface area contributed by atoms with Crippen molar-refractivity contribution in [2.24, 2.45) is 0 Å². The van der Waals surface area contributed by atoms with Gasteiger partial charge in [-0.25, -0.2) is 9.59 Å². The lowest BCUT2D eigenvalue weighted by atomic mass is 9.86. The van der Waals surface area contributed by atoms with Crippen LogP contribution in [0.5, 0.6) is 5.75 Å². The van der Waals surface area contributed by atoms with E-state index in [1.807, 2.05) is 0 Å².